The summed E-state index contributed by atoms with van der Waals surface area (Å²) in [5.41, 5.74) is 18.6. The molecule has 0 amide bonds. The zero-order valence-electron chi connectivity index (χ0n) is 33.7. The van der Waals surface area contributed by atoms with Gasteiger partial charge in [-0.25, -0.2) is 0 Å². The molecule has 2 unspecified atom stereocenters. The van der Waals surface area contributed by atoms with E-state index in [-0.39, 0.29) is 41.1 Å². The molecule has 3 aromatic carbocycles. The summed E-state index contributed by atoms with van der Waals surface area (Å²) in [6.07, 6.45) is 7.33. The van der Waals surface area contributed by atoms with Gasteiger partial charge in [-0.15, -0.1) is 0 Å². The van der Waals surface area contributed by atoms with Crippen LogP contribution in [0.2, 0.25) is 0 Å². The van der Waals surface area contributed by atoms with E-state index < -0.39 is 0 Å². The van der Waals surface area contributed by atoms with Crippen LogP contribution >= 0.6 is 45.2 Å². The minimum Gasteiger partial charge on any atom is -0.0769 e. The number of benzene rings is 3. The van der Waals surface area contributed by atoms with Crippen molar-refractivity contribution in [2.24, 2.45) is 11.3 Å². The topological polar surface area (TPSA) is 0 Å². The molecule has 0 bridgehead atoms. The van der Waals surface area contributed by atoms with E-state index in [2.05, 4.69) is 205 Å². The van der Waals surface area contributed by atoms with Gasteiger partial charge in [0.1, 0.15) is 0 Å². The molecule has 0 saturated carbocycles. The van der Waals surface area contributed by atoms with Gasteiger partial charge in [-0.3, -0.25) is 0 Å². The normalized spacial score (nSPS) is 17.7. The van der Waals surface area contributed by atoms with Crippen LogP contribution in [0, 0.1) is 39.2 Å². The molecular formula is C46H62I2Zn. The van der Waals surface area contributed by atoms with E-state index in [1.165, 1.54) is 69.2 Å². The molecule has 0 saturated heterocycles. The maximum Gasteiger partial charge on any atom is 0.0168 e. The molecule has 0 heterocycles. The monoisotopic (exact) mass is 932 g/mol. The third kappa shape index (κ3) is 9.81. The second-order valence-corrected chi connectivity index (χ2v) is 21.2. The zero-order valence-corrected chi connectivity index (χ0v) is 40.9. The SMILES string of the molecule is CC1=CC2Cc3cc(C)c(C(C)(C)C)cc3C2C=C1C(C)(C)C.Cc1cc(Cc2cc(C)c(C(C)(C)C)cc2I)c(I)cc1C(C)(C)C.[Zn]. The largest absolute Gasteiger partial charge is 0.0769 e. The molecule has 0 radical (unpaired) electrons. The molecule has 0 N–H and O–H groups in total. The number of allylic oxidation sites excluding steroid dienone is 4. The second kappa shape index (κ2) is 15.3. The molecule has 2 aliphatic carbocycles. The van der Waals surface area contributed by atoms with Gasteiger partial charge in [-0.1, -0.05) is 125 Å². The maximum absolute atomic E-state index is 2.58. The van der Waals surface area contributed by atoms with Gasteiger partial charge in [0.15, 0.2) is 0 Å². The molecule has 3 heteroatoms. The van der Waals surface area contributed by atoms with Crippen LogP contribution in [-0.2, 0) is 48.6 Å². The number of halogens is 2. The Balaban J connectivity index is 0.000000261. The first-order chi connectivity index (χ1) is 21.8. The van der Waals surface area contributed by atoms with Crippen LogP contribution in [0.4, 0.5) is 0 Å². The second-order valence-electron chi connectivity index (χ2n) is 18.9. The maximum atomic E-state index is 2.58. The molecule has 2 atom stereocenters. The Hall–Kier alpha value is -0.777. The van der Waals surface area contributed by atoms with Crippen molar-refractivity contribution in [3.63, 3.8) is 0 Å². The summed E-state index contributed by atoms with van der Waals surface area (Å²) in [5.74, 6) is 1.23. The average Bonchev–Trinajstić information content (AvgIpc) is 3.25. The van der Waals surface area contributed by atoms with E-state index in [1.807, 2.05) is 0 Å². The molecule has 2 aliphatic rings. The van der Waals surface area contributed by atoms with Crippen LogP contribution in [0.3, 0.4) is 0 Å². The van der Waals surface area contributed by atoms with E-state index in [1.54, 1.807) is 11.1 Å². The Bertz CT molecular complexity index is 1690. The van der Waals surface area contributed by atoms with Crippen molar-refractivity contribution >= 4 is 45.2 Å². The number of hydrogen-bond acceptors (Lipinski definition) is 0. The number of hydrogen-bond donors (Lipinski definition) is 0. The first kappa shape index (κ1) is 42.6. The minimum atomic E-state index is 0. The molecule has 262 valence electrons. The summed E-state index contributed by atoms with van der Waals surface area (Å²) >= 11 is 5.01. The van der Waals surface area contributed by atoms with Crippen LogP contribution < -0.4 is 0 Å². The molecule has 0 aromatic heterocycles. The third-order valence-corrected chi connectivity index (χ3v) is 12.4. The van der Waals surface area contributed by atoms with Crippen LogP contribution in [-0.4, -0.2) is 0 Å². The van der Waals surface area contributed by atoms with E-state index in [0.717, 1.165) is 6.42 Å². The molecule has 49 heavy (non-hydrogen) atoms. The van der Waals surface area contributed by atoms with Gasteiger partial charge in [0.2, 0.25) is 0 Å². The van der Waals surface area contributed by atoms with Gasteiger partial charge in [0.05, 0.1) is 0 Å². The van der Waals surface area contributed by atoms with Crippen LogP contribution in [0.15, 0.2) is 59.7 Å². The number of fused-ring (bicyclic) bond motifs is 3. The molecule has 0 spiro atoms. The van der Waals surface area contributed by atoms with Gasteiger partial charge in [0.25, 0.3) is 0 Å². The van der Waals surface area contributed by atoms with Gasteiger partial charge >= 0.3 is 0 Å². The molecule has 0 nitrogen and oxygen atoms in total. The molecule has 0 aliphatic heterocycles. The Kier molecular flexibility index (Phi) is 13.3. The van der Waals surface area contributed by atoms with Crippen molar-refractivity contribution in [3.05, 3.63) is 122 Å². The summed E-state index contributed by atoms with van der Waals surface area (Å²) in [5, 5.41) is 0. The predicted molar refractivity (Wildman–Crippen MR) is 229 cm³/mol. The van der Waals surface area contributed by atoms with E-state index >= 15 is 0 Å². The van der Waals surface area contributed by atoms with E-state index in [4.69, 9.17) is 0 Å². The molecule has 0 fully saturated rings. The Morgan fingerprint density at radius 3 is 1.37 bits per heavy atom. The average molecular weight is 934 g/mol. The molecular weight excluding hydrogens is 872 g/mol. The predicted octanol–water partition coefficient (Wildman–Crippen LogP) is 14.2. The molecule has 3 aromatic rings. The summed E-state index contributed by atoms with van der Waals surface area (Å²) in [6, 6.07) is 14.5. The van der Waals surface area contributed by atoms with Crippen molar-refractivity contribution in [2.45, 2.75) is 146 Å². The standard InChI is InChI=1S/C23H30I2.C23H32.Zn/c1-14-9-16(20(24)12-18(14)22(3,4)5)11-17-10-15(2)19(13-21(17)25)23(6,7)8;1-14-9-16-11-17-10-15(2)21(23(6,7)8)13-19(17)18(16)12-20(14)22(3,4)5;/h9-10,12-13H,11H2,1-8H3;9-10,12-13,16,18H,11H2,1-8H3;. The van der Waals surface area contributed by atoms with Crippen molar-refractivity contribution in [2.75, 3.05) is 0 Å². The first-order valence-electron chi connectivity index (χ1n) is 17.9. The summed E-state index contributed by atoms with van der Waals surface area (Å²) in [7, 11) is 0. The Morgan fingerprint density at radius 2 is 0.959 bits per heavy atom. The summed E-state index contributed by atoms with van der Waals surface area (Å²) in [4.78, 5) is 0. The summed E-state index contributed by atoms with van der Waals surface area (Å²) < 4.78 is 2.75. The van der Waals surface area contributed by atoms with Crippen molar-refractivity contribution in [3.8, 4) is 0 Å². The first-order valence-corrected chi connectivity index (χ1v) is 20.1. The number of rotatable bonds is 2. The fraction of sp³-hybridized carbons (Fsp3) is 0.522. The molecule has 5 rings (SSSR count). The Morgan fingerprint density at radius 1 is 0.551 bits per heavy atom. The van der Waals surface area contributed by atoms with E-state index in [9.17, 15) is 0 Å². The van der Waals surface area contributed by atoms with Crippen LogP contribution in [0.1, 0.15) is 152 Å². The van der Waals surface area contributed by atoms with E-state index in [0.29, 0.717) is 11.8 Å². The van der Waals surface area contributed by atoms with Gasteiger partial charge in [-0.05, 0) is 187 Å². The Labute approximate surface area is 341 Å². The minimum absolute atomic E-state index is 0. The van der Waals surface area contributed by atoms with Gasteiger partial charge in [-0.2, -0.15) is 0 Å². The van der Waals surface area contributed by atoms with Crippen molar-refractivity contribution in [1.29, 1.82) is 0 Å². The smallest absolute Gasteiger partial charge is 0.0168 e. The van der Waals surface area contributed by atoms with Crippen molar-refractivity contribution in [1.82, 2.24) is 0 Å². The fourth-order valence-electron chi connectivity index (χ4n) is 8.21. The van der Waals surface area contributed by atoms with Crippen LogP contribution in [0.25, 0.3) is 0 Å². The van der Waals surface area contributed by atoms with Gasteiger partial charge in [0, 0.05) is 32.5 Å². The fourth-order valence-corrected chi connectivity index (χ4v) is 9.52. The third-order valence-electron chi connectivity index (χ3n) is 10.4. The van der Waals surface area contributed by atoms with Crippen molar-refractivity contribution < 1.29 is 19.5 Å². The van der Waals surface area contributed by atoms with Gasteiger partial charge < -0.3 is 0 Å². The zero-order chi connectivity index (χ0) is 36.3. The number of aryl methyl sites for hydroxylation is 3. The van der Waals surface area contributed by atoms with Crippen LogP contribution in [0.5, 0.6) is 0 Å². The quantitative estimate of drug-likeness (QED) is 0.177. The summed E-state index contributed by atoms with van der Waals surface area (Å²) in [6.45, 7) is 36.8.